The van der Waals surface area contributed by atoms with Gasteiger partial charge in [-0.05, 0) is 56.5 Å². The zero-order valence-electron chi connectivity index (χ0n) is 12.7. The Kier molecular flexibility index (Phi) is 5.12. The van der Waals surface area contributed by atoms with Crippen LogP contribution in [0.3, 0.4) is 0 Å². The number of carboxylic acids is 1. The van der Waals surface area contributed by atoms with Crippen molar-refractivity contribution < 1.29 is 14.6 Å². The maximum absolute atomic E-state index is 11.2. The molecule has 0 aromatic rings. The second-order valence-corrected chi connectivity index (χ2v) is 8.12. The third-order valence-electron chi connectivity index (χ3n) is 5.39. The molecule has 2 aliphatic heterocycles. The Hall–Kier alpha value is -0.260. The van der Waals surface area contributed by atoms with Crippen LogP contribution >= 0.6 is 11.8 Å². The highest BCUT2D eigenvalue weighted by Gasteiger charge is 2.39. The lowest BCUT2D eigenvalue weighted by Crippen LogP contribution is -2.52. The molecule has 3 rings (SSSR count). The number of ether oxygens (including phenoxy) is 1. The summed E-state index contributed by atoms with van der Waals surface area (Å²) in [5.74, 6) is 1.68. The van der Waals surface area contributed by atoms with E-state index in [9.17, 15) is 9.90 Å². The molecule has 2 heterocycles. The summed E-state index contributed by atoms with van der Waals surface area (Å²) in [4.78, 5) is 11.2. The Balaban J connectivity index is 1.53. The highest BCUT2D eigenvalue weighted by atomic mass is 32.2. The summed E-state index contributed by atoms with van der Waals surface area (Å²) in [5, 5.41) is 13.0. The van der Waals surface area contributed by atoms with E-state index in [-0.39, 0.29) is 11.5 Å². The zero-order chi connectivity index (χ0) is 14.7. The fourth-order valence-electron chi connectivity index (χ4n) is 4.16. The number of rotatable bonds is 3. The fraction of sp³-hybridized carbons (Fsp3) is 0.938. The lowest BCUT2D eigenvalue weighted by Gasteiger charge is -2.44. The molecule has 0 amide bonds. The van der Waals surface area contributed by atoms with Gasteiger partial charge in [0.2, 0.25) is 0 Å². The predicted molar refractivity (Wildman–Crippen MR) is 84.8 cm³/mol. The van der Waals surface area contributed by atoms with Gasteiger partial charge in [0.15, 0.2) is 0 Å². The van der Waals surface area contributed by atoms with Crippen molar-refractivity contribution in [1.29, 1.82) is 0 Å². The van der Waals surface area contributed by atoms with Crippen LogP contribution < -0.4 is 5.32 Å². The van der Waals surface area contributed by atoms with Gasteiger partial charge in [-0.15, -0.1) is 0 Å². The molecule has 3 fully saturated rings. The van der Waals surface area contributed by atoms with E-state index in [2.05, 4.69) is 5.32 Å². The molecule has 1 saturated carbocycles. The number of hydrogen-bond acceptors (Lipinski definition) is 4. The van der Waals surface area contributed by atoms with Crippen LogP contribution in [0.5, 0.6) is 0 Å². The van der Waals surface area contributed by atoms with Crippen molar-refractivity contribution in [2.75, 3.05) is 18.1 Å². The first-order chi connectivity index (χ1) is 10.2. The molecule has 1 spiro atoms. The molecule has 2 saturated heterocycles. The lowest BCUT2D eigenvalue weighted by molar-refractivity contribution is -0.143. The second kappa shape index (κ2) is 6.88. The highest BCUT2D eigenvalue weighted by Crippen LogP contribution is 2.38. The number of thioether (sulfide) groups is 1. The van der Waals surface area contributed by atoms with E-state index in [0.29, 0.717) is 12.1 Å². The summed E-state index contributed by atoms with van der Waals surface area (Å²) in [6.45, 7) is 0.859. The Morgan fingerprint density at radius 1 is 1.19 bits per heavy atom. The van der Waals surface area contributed by atoms with E-state index in [1.54, 1.807) is 0 Å². The van der Waals surface area contributed by atoms with E-state index in [4.69, 9.17) is 4.74 Å². The van der Waals surface area contributed by atoms with Gasteiger partial charge in [-0.2, -0.15) is 11.8 Å². The topological polar surface area (TPSA) is 58.6 Å². The van der Waals surface area contributed by atoms with Gasteiger partial charge < -0.3 is 15.2 Å². The summed E-state index contributed by atoms with van der Waals surface area (Å²) in [5.41, 5.74) is 0.113. The minimum Gasteiger partial charge on any atom is -0.481 e. The lowest BCUT2D eigenvalue weighted by atomic mass is 9.82. The Morgan fingerprint density at radius 2 is 2.00 bits per heavy atom. The molecule has 3 unspecified atom stereocenters. The summed E-state index contributed by atoms with van der Waals surface area (Å²) < 4.78 is 6.14. The van der Waals surface area contributed by atoms with Crippen molar-refractivity contribution in [3.05, 3.63) is 0 Å². The van der Waals surface area contributed by atoms with Gasteiger partial charge in [0.25, 0.3) is 0 Å². The van der Waals surface area contributed by atoms with Gasteiger partial charge in [0.1, 0.15) is 0 Å². The van der Waals surface area contributed by atoms with Crippen LogP contribution in [-0.4, -0.2) is 46.9 Å². The van der Waals surface area contributed by atoms with Crippen molar-refractivity contribution in [3.8, 4) is 0 Å². The van der Waals surface area contributed by atoms with E-state index >= 15 is 0 Å². The standard InChI is InChI=1S/C16H27NO3S/c18-15(19)12-2-1-3-13(10-12)17-14-4-7-20-16(11-14)5-8-21-9-6-16/h12-14,17H,1-11H2,(H,18,19). The summed E-state index contributed by atoms with van der Waals surface area (Å²) in [6, 6.07) is 0.900. The molecule has 3 atom stereocenters. The van der Waals surface area contributed by atoms with Crippen LogP contribution in [0.15, 0.2) is 0 Å². The monoisotopic (exact) mass is 313 g/mol. The molecule has 5 heteroatoms. The Labute approximate surface area is 131 Å². The maximum Gasteiger partial charge on any atom is 0.306 e. The van der Waals surface area contributed by atoms with Gasteiger partial charge in [-0.1, -0.05) is 6.42 Å². The highest BCUT2D eigenvalue weighted by molar-refractivity contribution is 7.99. The van der Waals surface area contributed by atoms with Gasteiger partial charge in [0, 0.05) is 18.7 Å². The number of carbonyl (C=O) groups is 1. The molecule has 4 nitrogen and oxygen atoms in total. The third-order valence-corrected chi connectivity index (χ3v) is 6.38. The van der Waals surface area contributed by atoms with Crippen molar-refractivity contribution in [2.45, 2.75) is 69.1 Å². The van der Waals surface area contributed by atoms with Crippen LogP contribution in [0.25, 0.3) is 0 Å². The zero-order valence-corrected chi connectivity index (χ0v) is 13.5. The molecular formula is C16H27NO3S. The second-order valence-electron chi connectivity index (χ2n) is 6.90. The SMILES string of the molecule is O=C(O)C1CCCC(NC2CCOC3(CCSCC3)C2)C1. The fourth-order valence-corrected chi connectivity index (χ4v) is 5.40. The molecule has 2 N–H and O–H groups in total. The largest absolute Gasteiger partial charge is 0.481 e. The first-order valence-corrected chi connectivity index (χ1v) is 9.53. The number of hydrogen-bond donors (Lipinski definition) is 2. The van der Waals surface area contributed by atoms with Gasteiger partial charge >= 0.3 is 5.97 Å². The molecule has 0 aromatic carbocycles. The van der Waals surface area contributed by atoms with Gasteiger partial charge in [0.05, 0.1) is 11.5 Å². The van der Waals surface area contributed by atoms with Crippen molar-refractivity contribution >= 4 is 17.7 Å². The van der Waals surface area contributed by atoms with Crippen LogP contribution in [0.2, 0.25) is 0 Å². The Bertz CT molecular complexity index is 365. The van der Waals surface area contributed by atoms with E-state index < -0.39 is 5.97 Å². The molecular weight excluding hydrogens is 286 g/mol. The molecule has 3 aliphatic rings. The van der Waals surface area contributed by atoms with Crippen LogP contribution in [-0.2, 0) is 9.53 Å². The van der Waals surface area contributed by atoms with Crippen molar-refractivity contribution in [3.63, 3.8) is 0 Å². The summed E-state index contributed by atoms with van der Waals surface area (Å²) >= 11 is 2.04. The quantitative estimate of drug-likeness (QED) is 0.839. The minimum absolute atomic E-state index is 0.113. The normalized spacial score (nSPS) is 36.5. The average Bonchev–Trinajstić information content (AvgIpc) is 2.48. The van der Waals surface area contributed by atoms with Crippen LogP contribution in [0.4, 0.5) is 0 Å². The number of nitrogens with one attached hydrogen (secondary N) is 1. The third kappa shape index (κ3) is 3.93. The maximum atomic E-state index is 11.2. The molecule has 0 aromatic heterocycles. The Morgan fingerprint density at radius 3 is 2.76 bits per heavy atom. The molecule has 120 valence electrons. The van der Waals surface area contributed by atoms with Crippen molar-refractivity contribution in [2.24, 2.45) is 5.92 Å². The van der Waals surface area contributed by atoms with Crippen molar-refractivity contribution in [1.82, 2.24) is 5.32 Å². The number of aliphatic carboxylic acids is 1. The van der Waals surface area contributed by atoms with E-state index in [1.165, 1.54) is 24.3 Å². The minimum atomic E-state index is -0.616. The molecule has 0 bridgehead atoms. The molecule has 0 radical (unpaired) electrons. The molecule has 21 heavy (non-hydrogen) atoms. The van der Waals surface area contributed by atoms with Gasteiger partial charge in [-0.3, -0.25) is 4.79 Å². The van der Waals surface area contributed by atoms with E-state index in [0.717, 1.165) is 45.1 Å². The first-order valence-electron chi connectivity index (χ1n) is 8.37. The summed E-state index contributed by atoms with van der Waals surface area (Å²) in [6.07, 6.45) is 8.36. The van der Waals surface area contributed by atoms with Crippen LogP contribution in [0.1, 0.15) is 51.4 Å². The van der Waals surface area contributed by atoms with Gasteiger partial charge in [-0.25, -0.2) is 0 Å². The smallest absolute Gasteiger partial charge is 0.306 e. The predicted octanol–water partition coefficient (Wildman–Crippen LogP) is 2.66. The molecule has 1 aliphatic carbocycles. The van der Waals surface area contributed by atoms with Crippen LogP contribution in [0, 0.1) is 5.92 Å². The average molecular weight is 313 g/mol. The number of carboxylic acid groups (broad SMARTS) is 1. The van der Waals surface area contributed by atoms with E-state index in [1.807, 2.05) is 11.8 Å². The summed E-state index contributed by atoms with van der Waals surface area (Å²) in [7, 11) is 0. The first kappa shape index (κ1) is 15.6.